The summed E-state index contributed by atoms with van der Waals surface area (Å²) in [5.41, 5.74) is 0. The smallest absolute Gasteiger partial charge is 0.222 e. The van der Waals surface area contributed by atoms with E-state index in [1.54, 1.807) is 0 Å². The van der Waals surface area contributed by atoms with Gasteiger partial charge in [-0.25, -0.2) is 0 Å². The van der Waals surface area contributed by atoms with Crippen molar-refractivity contribution in [2.45, 2.75) is 38.9 Å². The lowest BCUT2D eigenvalue weighted by Crippen LogP contribution is -2.44. The summed E-state index contributed by atoms with van der Waals surface area (Å²) in [5, 5.41) is 6.29. The van der Waals surface area contributed by atoms with E-state index in [-0.39, 0.29) is 11.8 Å². The standard InChI is InChI=1S/C16H28N4O2/c1-10(2)15(21)18-6-7-19-16(17-3)20-8-11-12(9-20)14-5-4-13(11)22-14/h10-14H,4-9H2,1-3H3,(H,17,19)(H,18,21). The summed E-state index contributed by atoms with van der Waals surface area (Å²) in [5.74, 6) is 2.44. The quantitative estimate of drug-likeness (QED) is 0.449. The van der Waals surface area contributed by atoms with Crippen LogP contribution in [0.3, 0.4) is 0 Å². The molecule has 3 fully saturated rings. The Morgan fingerprint density at radius 2 is 1.77 bits per heavy atom. The van der Waals surface area contributed by atoms with E-state index < -0.39 is 0 Å². The Hall–Kier alpha value is -1.30. The fourth-order valence-corrected chi connectivity index (χ4v) is 4.03. The number of amides is 1. The highest BCUT2D eigenvalue weighted by atomic mass is 16.5. The summed E-state index contributed by atoms with van der Waals surface area (Å²) >= 11 is 0. The molecule has 1 amide bonds. The summed E-state index contributed by atoms with van der Waals surface area (Å²) in [7, 11) is 1.83. The second-order valence-corrected chi connectivity index (χ2v) is 6.94. The van der Waals surface area contributed by atoms with Gasteiger partial charge in [0.15, 0.2) is 5.96 Å². The van der Waals surface area contributed by atoms with Crippen molar-refractivity contribution in [2.24, 2.45) is 22.7 Å². The maximum atomic E-state index is 11.5. The molecule has 2 bridgehead atoms. The van der Waals surface area contributed by atoms with E-state index in [9.17, 15) is 4.79 Å². The summed E-state index contributed by atoms with van der Waals surface area (Å²) in [4.78, 5) is 18.3. The topological polar surface area (TPSA) is 66.0 Å². The van der Waals surface area contributed by atoms with Crippen LogP contribution in [0.5, 0.6) is 0 Å². The molecule has 3 rings (SSSR count). The summed E-state index contributed by atoms with van der Waals surface area (Å²) in [6.45, 7) is 7.24. The van der Waals surface area contributed by atoms with E-state index in [0.717, 1.165) is 19.0 Å². The number of nitrogens with one attached hydrogen (secondary N) is 2. The first-order valence-corrected chi connectivity index (χ1v) is 8.49. The van der Waals surface area contributed by atoms with E-state index in [0.29, 0.717) is 37.1 Å². The van der Waals surface area contributed by atoms with Crippen LogP contribution in [0, 0.1) is 17.8 Å². The second-order valence-electron chi connectivity index (χ2n) is 6.94. The number of likely N-dealkylation sites (tertiary alicyclic amines) is 1. The van der Waals surface area contributed by atoms with Crippen LogP contribution in [-0.2, 0) is 9.53 Å². The number of rotatable bonds is 4. The lowest BCUT2D eigenvalue weighted by Gasteiger charge is -2.23. The molecular weight excluding hydrogens is 280 g/mol. The first-order valence-electron chi connectivity index (χ1n) is 8.49. The van der Waals surface area contributed by atoms with Gasteiger partial charge in [0.25, 0.3) is 0 Å². The van der Waals surface area contributed by atoms with Crippen LogP contribution in [-0.4, -0.2) is 62.2 Å². The number of guanidine groups is 1. The second kappa shape index (κ2) is 6.44. The van der Waals surface area contributed by atoms with E-state index in [1.807, 2.05) is 20.9 Å². The Bertz CT molecular complexity index is 433. The third-order valence-corrected chi connectivity index (χ3v) is 5.20. The molecule has 3 aliphatic rings. The average molecular weight is 308 g/mol. The summed E-state index contributed by atoms with van der Waals surface area (Å²) in [6, 6.07) is 0. The Morgan fingerprint density at radius 3 is 2.32 bits per heavy atom. The van der Waals surface area contributed by atoms with Crippen LogP contribution >= 0.6 is 0 Å². The van der Waals surface area contributed by atoms with Crippen molar-refractivity contribution in [1.82, 2.24) is 15.5 Å². The maximum absolute atomic E-state index is 11.5. The van der Waals surface area contributed by atoms with Crippen molar-refractivity contribution in [1.29, 1.82) is 0 Å². The first-order chi connectivity index (χ1) is 10.6. The van der Waals surface area contributed by atoms with E-state index in [1.165, 1.54) is 12.8 Å². The highest BCUT2D eigenvalue weighted by Gasteiger charge is 2.53. The average Bonchev–Trinajstić information content (AvgIpc) is 3.19. The third kappa shape index (κ3) is 2.93. The van der Waals surface area contributed by atoms with Crippen LogP contribution in [0.1, 0.15) is 26.7 Å². The maximum Gasteiger partial charge on any atom is 0.222 e. The van der Waals surface area contributed by atoms with Gasteiger partial charge in [0.2, 0.25) is 5.91 Å². The van der Waals surface area contributed by atoms with Crippen LogP contribution in [0.2, 0.25) is 0 Å². The fourth-order valence-electron chi connectivity index (χ4n) is 4.03. The van der Waals surface area contributed by atoms with Gasteiger partial charge in [-0.2, -0.15) is 0 Å². The third-order valence-electron chi connectivity index (χ3n) is 5.20. The molecule has 0 aromatic rings. The highest BCUT2D eigenvalue weighted by Crippen LogP contribution is 2.47. The molecule has 0 aliphatic carbocycles. The molecule has 4 unspecified atom stereocenters. The molecule has 6 nitrogen and oxygen atoms in total. The molecule has 3 aliphatic heterocycles. The predicted molar refractivity (Wildman–Crippen MR) is 85.7 cm³/mol. The number of carbonyl (C=O) groups excluding carboxylic acids is 1. The minimum absolute atomic E-state index is 0.0349. The van der Waals surface area contributed by atoms with Gasteiger partial charge in [0, 0.05) is 51.0 Å². The molecular formula is C16H28N4O2. The molecule has 3 saturated heterocycles. The zero-order valence-electron chi connectivity index (χ0n) is 13.8. The van der Waals surface area contributed by atoms with Crippen molar-refractivity contribution in [3.8, 4) is 0 Å². The SMILES string of the molecule is CN=C(NCCNC(=O)C(C)C)N1CC2C3CCC(O3)C2C1. The molecule has 22 heavy (non-hydrogen) atoms. The number of ether oxygens (including phenoxy) is 1. The molecule has 0 radical (unpaired) electrons. The number of carbonyl (C=O) groups is 1. The number of aliphatic imine (C=N–C) groups is 1. The van der Waals surface area contributed by atoms with Gasteiger partial charge >= 0.3 is 0 Å². The van der Waals surface area contributed by atoms with Crippen LogP contribution in [0.4, 0.5) is 0 Å². The fraction of sp³-hybridized carbons (Fsp3) is 0.875. The van der Waals surface area contributed by atoms with Crippen LogP contribution < -0.4 is 10.6 Å². The lowest BCUT2D eigenvalue weighted by atomic mass is 9.82. The van der Waals surface area contributed by atoms with Gasteiger partial charge in [-0.05, 0) is 12.8 Å². The van der Waals surface area contributed by atoms with Crippen LogP contribution in [0.15, 0.2) is 4.99 Å². The van der Waals surface area contributed by atoms with Gasteiger partial charge < -0.3 is 20.3 Å². The van der Waals surface area contributed by atoms with Gasteiger partial charge in [0.05, 0.1) is 12.2 Å². The lowest BCUT2D eigenvalue weighted by molar-refractivity contribution is -0.123. The molecule has 124 valence electrons. The van der Waals surface area contributed by atoms with Crippen molar-refractivity contribution < 1.29 is 9.53 Å². The Labute approximate surface area is 132 Å². The Balaban J connectivity index is 1.44. The highest BCUT2D eigenvalue weighted by molar-refractivity contribution is 5.80. The molecule has 6 heteroatoms. The van der Waals surface area contributed by atoms with E-state index >= 15 is 0 Å². The largest absolute Gasteiger partial charge is 0.374 e. The molecule has 0 spiro atoms. The zero-order chi connectivity index (χ0) is 15.7. The monoisotopic (exact) mass is 308 g/mol. The minimum atomic E-state index is 0.0349. The molecule has 0 aromatic heterocycles. The Kier molecular flexibility index (Phi) is 4.57. The van der Waals surface area contributed by atoms with E-state index in [4.69, 9.17) is 4.74 Å². The minimum Gasteiger partial charge on any atom is -0.374 e. The van der Waals surface area contributed by atoms with Crippen molar-refractivity contribution in [2.75, 3.05) is 33.2 Å². The number of nitrogens with zero attached hydrogens (tertiary/aromatic N) is 2. The molecule has 2 N–H and O–H groups in total. The van der Waals surface area contributed by atoms with Crippen molar-refractivity contribution in [3.63, 3.8) is 0 Å². The first kappa shape index (κ1) is 15.6. The normalized spacial score (nSPS) is 33.5. The van der Waals surface area contributed by atoms with Crippen molar-refractivity contribution >= 4 is 11.9 Å². The van der Waals surface area contributed by atoms with Crippen molar-refractivity contribution in [3.05, 3.63) is 0 Å². The molecule has 0 aromatic carbocycles. The summed E-state index contributed by atoms with van der Waals surface area (Å²) in [6.07, 6.45) is 3.41. The Morgan fingerprint density at radius 1 is 1.18 bits per heavy atom. The van der Waals surface area contributed by atoms with E-state index in [2.05, 4.69) is 20.5 Å². The molecule has 0 saturated carbocycles. The van der Waals surface area contributed by atoms with Crippen LogP contribution in [0.25, 0.3) is 0 Å². The molecule has 4 atom stereocenters. The number of hydrogen-bond donors (Lipinski definition) is 2. The van der Waals surface area contributed by atoms with Gasteiger partial charge in [-0.3, -0.25) is 9.79 Å². The van der Waals surface area contributed by atoms with Gasteiger partial charge in [0.1, 0.15) is 0 Å². The number of fused-ring (bicyclic) bond motifs is 5. The number of hydrogen-bond acceptors (Lipinski definition) is 3. The molecule has 3 heterocycles. The van der Waals surface area contributed by atoms with Gasteiger partial charge in [-0.1, -0.05) is 13.8 Å². The van der Waals surface area contributed by atoms with Gasteiger partial charge in [-0.15, -0.1) is 0 Å². The zero-order valence-corrected chi connectivity index (χ0v) is 13.8. The predicted octanol–water partition coefficient (Wildman–Crippen LogP) is 0.443. The summed E-state index contributed by atoms with van der Waals surface area (Å²) < 4.78 is 6.01.